The van der Waals surface area contributed by atoms with E-state index in [2.05, 4.69) is 70.3 Å². The lowest BCUT2D eigenvalue weighted by Gasteiger charge is -2.41. The Balaban J connectivity index is 1.65. The molecule has 0 saturated heterocycles. The highest BCUT2D eigenvalue weighted by molar-refractivity contribution is 5.77. The van der Waals surface area contributed by atoms with Crippen LogP contribution in [0.4, 0.5) is 0 Å². The fourth-order valence-electron chi connectivity index (χ4n) is 4.13. The van der Waals surface area contributed by atoms with Crippen LogP contribution in [-0.4, -0.2) is 11.5 Å². The van der Waals surface area contributed by atoms with Gasteiger partial charge in [0.2, 0.25) is 5.91 Å². The Bertz CT molecular complexity index is 829. The minimum atomic E-state index is -0.199. The molecule has 1 atom stereocenters. The summed E-state index contributed by atoms with van der Waals surface area (Å²) in [7, 11) is 0. The summed E-state index contributed by atoms with van der Waals surface area (Å²) in [5.74, 6) is 1.01. The second-order valence-electron chi connectivity index (χ2n) is 9.30. The van der Waals surface area contributed by atoms with Crippen molar-refractivity contribution in [3.8, 4) is 5.75 Å². The molecular formula is C26H35NO2. The van der Waals surface area contributed by atoms with Crippen LogP contribution in [0, 0.1) is 0 Å². The fraction of sp³-hybridized carbons (Fsp3) is 0.500. The molecule has 1 aliphatic heterocycles. The number of fused-ring (bicyclic) bond motifs is 1. The molecule has 0 radical (unpaired) electrons. The summed E-state index contributed by atoms with van der Waals surface area (Å²) >= 11 is 0. The summed E-state index contributed by atoms with van der Waals surface area (Å²) in [6, 6.07) is 16.8. The minimum absolute atomic E-state index is 0.00983. The first-order valence-electron chi connectivity index (χ1n) is 10.9. The molecule has 29 heavy (non-hydrogen) atoms. The summed E-state index contributed by atoms with van der Waals surface area (Å²) in [5.41, 5.74) is 3.57. The van der Waals surface area contributed by atoms with E-state index >= 15 is 0 Å². The lowest BCUT2D eigenvalue weighted by atomic mass is 9.83. The molecule has 1 aliphatic rings. The van der Waals surface area contributed by atoms with Crippen molar-refractivity contribution in [3.05, 3.63) is 65.2 Å². The number of hydrogen-bond acceptors (Lipinski definition) is 2. The van der Waals surface area contributed by atoms with E-state index < -0.39 is 0 Å². The lowest BCUT2D eigenvalue weighted by Crippen LogP contribution is -2.44. The molecule has 1 heterocycles. The highest BCUT2D eigenvalue weighted by Crippen LogP contribution is 2.42. The maximum Gasteiger partial charge on any atom is 0.220 e. The third-order valence-electron chi connectivity index (χ3n) is 6.28. The number of benzene rings is 2. The molecule has 1 N–H and O–H groups in total. The smallest absolute Gasteiger partial charge is 0.220 e. The van der Waals surface area contributed by atoms with Gasteiger partial charge in [-0.1, -0.05) is 77.1 Å². The zero-order chi connectivity index (χ0) is 21.1. The molecule has 3 rings (SSSR count). The topological polar surface area (TPSA) is 38.3 Å². The summed E-state index contributed by atoms with van der Waals surface area (Å²) in [6.45, 7) is 11.0. The number of rotatable bonds is 6. The predicted octanol–water partition coefficient (Wildman–Crippen LogP) is 6.12. The SMILES string of the molecule is CCC1(CC)C[C@H](NC(=O)CCc2ccc(C(C)(C)C)cc2)c2ccccc2O1. The molecule has 3 heteroatoms. The van der Waals surface area contributed by atoms with Crippen LogP contribution in [0.2, 0.25) is 0 Å². The van der Waals surface area contributed by atoms with Crippen LogP contribution in [0.3, 0.4) is 0 Å². The van der Waals surface area contributed by atoms with Gasteiger partial charge in [-0.3, -0.25) is 4.79 Å². The Morgan fingerprint density at radius 1 is 1.07 bits per heavy atom. The van der Waals surface area contributed by atoms with Crippen LogP contribution in [0.1, 0.15) is 83.0 Å². The molecule has 2 aromatic carbocycles. The van der Waals surface area contributed by atoms with E-state index in [1.165, 1.54) is 11.1 Å². The van der Waals surface area contributed by atoms with E-state index in [0.29, 0.717) is 6.42 Å². The first kappa shape index (κ1) is 21.4. The van der Waals surface area contributed by atoms with E-state index in [9.17, 15) is 4.79 Å². The van der Waals surface area contributed by atoms with Crippen LogP contribution >= 0.6 is 0 Å². The van der Waals surface area contributed by atoms with Crippen molar-refractivity contribution in [1.82, 2.24) is 5.32 Å². The van der Waals surface area contributed by atoms with Crippen molar-refractivity contribution in [2.24, 2.45) is 0 Å². The molecule has 2 aromatic rings. The van der Waals surface area contributed by atoms with Gasteiger partial charge in [0.05, 0.1) is 6.04 Å². The van der Waals surface area contributed by atoms with E-state index in [4.69, 9.17) is 4.74 Å². The molecule has 0 spiro atoms. The van der Waals surface area contributed by atoms with Gasteiger partial charge in [-0.15, -0.1) is 0 Å². The summed E-state index contributed by atoms with van der Waals surface area (Å²) in [4.78, 5) is 12.8. The molecule has 0 aliphatic carbocycles. The van der Waals surface area contributed by atoms with Gasteiger partial charge in [-0.2, -0.15) is 0 Å². The van der Waals surface area contributed by atoms with Crippen LogP contribution in [-0.2, 0) is 16.6 Å². The van der Waals surface area contributed by atoms with Gasteiger partial charge in [0.1, 0.15) is 11.4 Å². The number of ether oxygens (including phenoxy) is 1. The Hall–Kier alpha value is -2.29. The van der Waals surface area contributed by atoms with Gasteiger partial charge in [-0.25, -0.2) is 0 Å². The molecule has 0 saturated carbocycles. The standard InChI is InChI=1S/C26H35NO2/c1-6-26(7-2)18-22(21-10-8-9-11-23(21)29-26)27-24(28)17-14-19-12-15-20(16-13-19)25(3,4)5/h8-13,15-16,22H,6-7,14,17-18H2,1-5H3,(H,27,28)/t22-/m0/s1. The number of carbonyl (C=O) groups is 1. The van der Waals surface area contributed by atoms with E-state index in [-0.39, 0.29) is 23.0 Å². The average Bonchev–Trinajstić information content (AvgIpc) is 2.71. The highest BCUT2D eigenvalue weighted by Gasteiger charge is 2.38. The Labute approximate surface area is 175 Å². The zero-order valence-electron chi connectivity index (χ0n) is 18.5. The van der Waals surface area contributed by atoms with Gasteiger partial charge in [0, 0.05) is 18.4 Å². The molecule has 0 bridgehead atoms. The van der Waals surface area contributed by atoms with Gasteiger partial charge < -0.3 is 10.1 Å². The maximum absolute atomic E-state index is 12.8. The Morgan fingerprint density at radius 2 is 1.72 bits per heavy atom. The molecule has 0 aromatic heterocycles. The van der Waals surface area contributed by atoms with Crippen molar-refractivity contribution in [2.45, 2.75) is 83.8 Å². The molecule has 1 amide bonds. The van der Waals surface area contributed by atoms with Crippen molar-refractivity contribution in [3.63, 3.8) is 0 Å². The summed E-state index contributed by atoms with van der Waals surface area (Å²) in [6.07, 6.45) is 3.95. The zero-order valence-corrected chi connectivity index (χ0v) is 18.5. The molecule has 0 fully saturated rings. The predicted molar refractivity (Wildman–Crippen MR) is 119 cm³/mol. The monoisotopic (exact) mass is 393 g/mol. The largest absolute Gasteiger partial charge is 0.487 e. The number of amides is 1. The van der Waals surface area contributed by atoms with E-state index in [1.807, 2.05) is 18.2 Å². The number of nitrogens with one attached hydrogen (secondary N) is 1. The van der Waals surface area contributed by atoms with Gasteiger partial charge in [-0.05, 0) is 41.9 Å². The van der Waals surface area contributed by atoms with E-state index in [1.54, 1.807) is 0 Å². The number of carbonyl (C=O) groups excluding carboxylic acids is 1. The minimum Gasteiger partial charge on any atom is -0.487 e. The van der Waals surface area contributed by atoms with Crippen LogP contribution in [0.25, 0.3) is 0 Å². The fourth-order valence-corrected chi connectivity index (χ4v) is 4.13. The molecule has 0 unspecified atom stereocenters. The normalized spacial score (nSPS) is 17.9. The molecule has 156 valence electrons. The lowest BCUT2D eigenvalue weighted by molar-refractivity contribution is -0.122. The average molecular weight is 394 g/mol. The highest BCUT2D eigenvalue weighted by atomic mass is 16.5. The number of para-hydroxylation sites is 1. The maximum atomic E-state index is 12.8. The Kier molecular flexibility index (Phi) is 6.36. The van der Waals surface area contributed by atoms with Crippen molar-refractivity contribution < 1.29 is 9.53 Å². The third kappa shape index (κ3) is 5.01. The van der Waals surface area contributed by atoms with Gasteiger partial charge >= 0.3 is 0 Å². The number of hydrogen-bond donors (Lipinski definition) is 1. The van der Waals surface area contributed by atoms with Crippen LogP contribution < -0.4 is 10.1 Å². The molecular weight excluding hydrogens is 358 g/mol. The quantitative estimate of drug-likeness (QED) is 0.642. The van der Waals surface area contributed by atoms with Crippen LogP contribution in [0.5, 0.6) is 5.75 Å². The van der Waals surface area contributed by atoms with Crippen molar-refractivity contribution in [1.29, 1.82) is 0 Å². The number of aryl methyl sites for hydroxylation is 1. The van der Waals surface area contributed by atoms with Crippen LogP contribution in [0.15, 0.2) is 48.5 Å². The van der Waals surface area contributed by atoms with Gasteiger partial charge in [0.25, 0.3) is 0 Å². The van der Waals surface area contributed by atoms with Crippen molar-refractivity contribution >= 4 is 5.91 Å². The summed E-state index contributed by atoms with van der Waals surface area (Å²) < 4.78 is 6.35. The first-order valence-corrected chi connectivity index (χ1v) is 10.9. The van der Waals surface area contributed by atoms with Crippen molar-refractivity contribution in [2.75, 3.05) is 0 Å². The van der Waals surface area contributed by atoms with E-state index in [0.717, 1.165) is 37.0 Å². The van der Waals surface area contributed by atoms with Gasteiger partial charge in [0.15, 0.2) is 0 Å². The summed E-state index contributed by atoms with van der Waals surface area (Å²) in [5, 5.41) is 3.29. The second kappa shape index (κ2) is 8.61. The molecule has 3 nitrogen and oxygen atoms in total. The Morgan fingerprint density at radius 3 is 2.34 bits per heavy atom. The first-order chi connectivity index (χ1) is 13.8. The third-order valence-corrected chi connectivity index (χ3v) is 6.28. The second-order valence-corrected chi connectivity index (χ2v) is 9.30.